The van der Waals surface area contributed by atoms with E-state index in [9.17, 15) is 0 Å². The standard InChI is InChI=1S/C15H29N5S/c1-5-16-12-14-13(2)17-15(21-14)20-10-8-19(9-11-20)7-6-18(3)4/h16H,5-12H2,1-4H3. The summed E-state index contributed by atoms with van der Waals surface area (Å²) in [6.45, 7) is 13.0. The average molecular weight is 311 g/mol. The molecule has 1 N–H and O–H groups in total. The molecule has 21 heavy (non-hydrogen) atoms. The monoisotopic (exact) mass is 311 g/mol. The van der Waals surface area contributed by atoms with Gasteiger partial charge in [-0.2, -0.15) is 0 Å². The maximum Gasteiger partial charge on any atom is 0.185 e. The van der Waals surface area contributed by atoms with Crippen LogP contribution in [0.5, 0.6) is 0 Å². The van der Waals surface area contributed by atoms with Crippen molar-refractivity contribution < 1.29 is 0 Å². The molecule has 2 heterocycles. The molecule has 0 bridgehead atoms. The number of hydrogen-bond donors (Lipinski definition) is 1. The van der Waals surface area contributed by atoms with Gasteiger partial charge in [0.1, 0.15) is 0 Å². The SMILES string of the molecule is CCNCc1sc(N2CCN(CCN(C)C)CC2)nc1C. The topological polar surface area (TPSA) is 34.6 Å². The summed E-state index contributed by atoms with van der Waals surface area (Å²) in [6, 6.07) is 0. The van der Waals surface area contributed by atoms with E-state index in [4.69, 9.17) is 4.98 Å². The van der Waals surface area contributed by atoms with Crippen LogP contribution in [-0.4, -0.2) is 74.7 Å². The fourth-order valence-corrected chi connectivity index (χ4v) is 3.54. The van der Waals surface area contributed by atoms with E-state index in [0.29, 0.717) is 0 Å². The van der Waals surface area contributed by atoms with Crippen LogP contribution in [0.25, 0.3) is 0 Å². The number of anilines is 1. The predicted molar refractivity (Wildman–Crippen MR) is 91.4 cm³/mol. The largest absolute Gasteiger partial charge is 0.346 e. The van der Waals surface area contributed by atoms with Crippen LogP contribution in [0.15, 0.2) is 0 Å². The van der Waals surface area contributed by atoms with E-state index >= 15 is 0 Å². The molecule has 0 unspecified atom stereocenters. The highest BCUT2D eigenvalue weighted by molar-refractivity contribution is 7.15. The molecule has 0 radical (unpaired) electrons. The molecule has 1 saturated heterocycles. The molecular weight excluding hydrogens is 282 g/mol. The number of piperazine rings is 1. The molecule has 5 nitrogen and oxygen atoms in total. The van der Waals surface area contributed by atoms with Crippen molar-refractivity contribution in [2.75, 3.05) is 64.8 Å². The number of likely N-dealkylation sites (N-methyl/N-ethyl adjacent to an activating group) is 1. The van der Waals surface area contributed by atoms with Crippen molar-refractivity contribution in [2.24, 2.45) is 0 Å². The van der Waals surface area contributed by atoms with Gasteiger partial charge >= 0.3 is 0 Å². The van der Waals surface area contributed by atoms with Crippen molar-refractivity contribution in [3.8, 4) is 0 Å². The van der Waals surface area contributed by atoms with Gasteiger partial charge in [-0.05, 0) is 27.6 Å². The summed E-state index contributed by atoms with van der Waals surface area (Å²) in [4.78, 5) is 13.4. The highest BCUT2D eigenvalue weighted by atomic mass is 32.1. The Morgan fingerprint density at radius 1 is 1.24 bits per heavy atom. The molecule has 120 valence electrons. The Hall–Kier alpha value is -0.690. The number of thiazole rings is 1. The smallest absolute Gasteiger partial charge is 0.185 e. The van der Waals surface area contributed by atoms with E-state index in [-0.39, 0.29) is 0 Å². The first kappa shape index (κ1) is 16.7. The van der Waals surface area contributed by atoms with Crippen LogP contribution in [0.2, 0.25) is 0 Å². The predicted octanol–water partition coefficient (Wildman–Crippen LogP) is 1.24. The van der Waals surface area contributed by atoms with E-state index in [1.54, 1.807) is 0 Å². The van der Waals surface area contributed by atoms with Crippen LogP contribution >= 0.6 is 11.3 Å². The zero-order valence-corrected chi connectivity index (χ0v) is 14.7. The third-order valence-corrected chi connectivity index (χ3v) is 5.14. The molecule has 0 saturated carbocycles. The minimum absolute atomic E-state index is 0.947. The van der Waals surface area contributed by atoms with Gasteiger partial charge in [-0.25, -0.2) is 4.98 Å². The van der Waals surface area contributed by atoms with Gasteiger partial charge in [0.2, 0.25) is 0 Å². The summed E-state index contributed by atoms with van der Waals surface area (Å²) >= 11 is 1.85. The number of aryl methyl sites for hydroxylation is 1. The zero-order chi connectivity index (χ0) is 15.2. The van der Waals surface area contributed by atoms with Crippen molar-refractivity contribution in [1.29, 1.82) is 0 Å². The van der Waals surface area contributed by atoms with Crippen molar-refractivity contribution in [3.63, 3.8) is 0 Å². The molecule has 1 aromatic heterocycles. The van der Waals surface area contributed by atoms with Gasteiger partial charge in [-0.1, -0.05) is 6.92 Å². The third kappa shape index (κ3) is 4.92. The summed E-state index contributed by atoms with van der Waals surface area (Å²) in [7, 11) is 4.28. The summed E-state index contributed by atoms with van der Waals surface area (Å²) < 4.78 is 0. The second kappa shape index (κ2) is 8.08. The minimum atomic E-state index is 0.947. The Morgan fingerprint density at radius 2 is 1.95 bits per heavy atom. The van der Waals surface area contributed by atoms with Crippen molar-refractivity contribution in [3.05, 3.63) is 10.6 Å². The molecular formula is C15H29N5S. The average Bonchev–Trinajstić information content (AvgIpc) is 2.84. The minimum Gasteiger partial charge on any atom is -0.346 e. The lowest BCUT2D eigenvalue weighted by Gasteiger charge is -2.35. The first-order valence-corrected chi connectivity index (χ1v) is 8.71. The first-order chi connectivity index (χ1) is 10.1. The summed E-state index contributed by atoms with van der Waals surface area (Å²) in [5.74, 6) is 0. The van der Waals surface area contributed by atoms with E-state index < -0.39 is 0 Å². The fraction of sp³-hybridized carbons (Fsp3) is 0.800. The molecule has 0 aromatic carbocycles. The molecule has 0 atom stereocenters. The van der Waals surface area contributed by atoms with Gasteiger partial charge in [0, 0.05) is 50.7 Å². The maximum absolute atomic E-state index is 4.76. The normalized spacial score (nSPS) is 16.9. The lowest BCUT2D eigenvalue weighted by Crippen LogP contribution is -2.48. The van der Waals surface area contributed by atoms with Crippen LogP contribution in [0.4, 0.5) is 5.13 Å². The highest BCUT2D eigenvalue weighted by Crippen LogP contribution is 2.26. The van der Waals surface area contributed by atoms with Crippen molar-refractivity contribution in [1.82, 2.24) is 20.1 Å². The van der Waals surface area contributed by atoms with Gasteiger partial charge in [0.25, 0.3) is 0 Å². The third-order valence-electron chi connectivity index (χ3n) is 3.92. The number of nitrogens with zero attached hydrogens (tertiary/aromatic N) is 4. The molecule has 1 aliphatic heterocycles. The van der Waals surface area contributed by atoms with Crippen LogP contribution in [0.1, 0.15) is 17.5 Å². The van der Waals surface area contributed by atoms with Crippen LogP contribution in [0, 0.1) is 6.92 Å². The molecule has 6 heteroatoms. The number of aromatic nitrogens is 1. The van der Waals surface area contributed by atoms with E-state index in [2.05, 4.69) is 48.0 Å². The van der Waals surface area contributed by atoms with Crippen LogP contribution in [0.3, 0.4) is 0 Å². The van der Waals surface area contributed by atoms with Crippen LogP contribution < -0.4 is 10.2 Å². The zero-order valence-electron chi connectivity index (χ0n) is 13.9. The lowest BCUT2D eigenvalue weighted by atomic mass is 10.3. The Kier molecular flexibility index (Phi) is 6.41. The Bertz CT molecular complexity index is 424. The van der Waals surface area contributed by atoms with E-state index in [1.807, 2.05) is 11.3 Å². The van der Waals surface area contributed by atoms with E-state index in [0.717, 1.165) is 45.8 Å². The summed E-state index contributed by atoms with van der Waals surface area (Å²) in [5.41, 5.74) is 1.19. The van der Waals surface area contributed by atoms with Gasteiger partial charge in [0.15, 0.2) is 5.13 Å². The Labute approximate surface area is 132 Å². The van der Waals surface area contributed by atoms with Crippen molar-refractivity contribution >= 4 is 16.5 Å². The van der Waals surface area contributed by atoms with Gasteiger partial charge in [0.05, 0.1) is 5.69 Å². The molecule has 0 amide bonds. The highest BCUT2D eigenvalue weighted by Gasteiger charge is 2.20. The molecule has 2 rings (SSSR count). The second-order valence-corrected chi connectivity index (χ2v) is 6.98. The fourth-order valence-electron chi connectivity index (χ4n) is 2.45. The molecule has 0 aliphatic carbocycles. The van der Waals surface area contributed by atoms with Gasteiger partial charge < -0.3 is 15.1 Å². The Balaban J connectivity index is 1.84. The van der Waals surface area contributed by atoms with Crippen molar-refractivity contribution in [2.45, 2.75) is 20.4 Å². The lowest BCUT2D eigenvalue weighted by molar-refractivity contribution is 0.229. The summed E-state index contributed by atoms with van der Waals surface area (Å²) in [5, 5.41) is 4.60. The molecule has 0 spiro atoms. The van der Waals surface area contributed by atoms with Gasteiger partial charge in [-0.15, -0.1) is 11.3 Å². The number of nitrogens with one attached hydrogen (secondary N) is 1. The molecule has 1 aliphatic rings. The number of hydrogen-bond acceptors (Lipinski definition) is 6. The molecule has 1 aromatic rings. The summed E-state index contributed by atoms with van der Waals surface area (Å²) in [6.07, 6.45) is 0. The number of rotatable bonds is 7. The first-order valence-electron chi connectivity index (χ1n) is 7.89. The van der Waals surface area contributed by atoms with Crippen LogP contribution in [-0.2, 0) is 6.54 Å². The van der Waals surface area contributed by atoms with Gasteiger partial charge in [-0.3, -0.25) is 4.90 Å². The van der Waals surface area contributed by atoms with E-state index in [1.165, 1.54) is 22.2 Å². The molecule has 1 fully saturated rings. The Morgan fingerprint density at radius 3 is 2.57 bits per heavy atom. The maximum atomic E-state index is 4.76. The second-order valence-electron chi connectivity index (χ2n) is 5.92. The quantitative estimate of drug-likeness (QED) is 0.820.